The van der Waals surface area contributed by atoms with Crippen molar-refractivity contribution >= 4 is 11.1 Å². The van der Waals surface area contributed by atoms with Crippen molar-refractivity contribution < 1.29 is 9.47 Å². The zero-order chi connectivity index (χ0) is 22.2. The summed E-state index contributed by atoms with van der Waals surface area (Å²) in [6, 6.07) is 17.0. The average Bonchev–Trinajstić information content (AvgIpc) is 2.85. The lowest BCUT2D eigenvalue weighted by molar-refractivity contribution is 0.229. The second kappa shape index (κ2) is 11.0. The highest BCUT2D eigenvalue weighted by Crippen LogP contribution is 2.33. The predicted octanol–water partition coefficient (Wildman–Crippen LogP) is 8.17. The van der Waals surface area contributed by atoms with Gasteiger partial charge in [-0.3, -0.25) is 0 Å². The molecular weight excluding hydrogens is 392 g/mol. The van der Waals surface area contributed by atoms with Crippen molar-refractivity contribution in [3.8, 4) is 11.5 Å². The highest BCUT2D eigenvalue weighted by molar-refractivity contribution is 6.04. The van der Waals surface area contributed by atoms with Gasteiger partial charge in [-0.1, -0.05) is 48.6 Å². The molecule has 0 saturated heterocycles. The summed E-state index contributed by atoms with van der Waals surface area (Å²) in [6.07, 6.45) is 20.5. The molecule has 2 atom stereocenters. The van der Waals surface area contributed by atoms with Gasteiger partial charge in [0.2, 0.25) is 0 Å². The SMILES string of the molecule is CC=C(C(=CC)c1ccc(OC2C=CCCC2)cc1)c1ccc(OC2C=CCCC2)cc1. The van der Waals surface area contributed by atoms with Crippen molar-refractivity contribution in [3.63, 3.8) is 0 Å². The lowest BCUT2D eigenvalue weighted by Crippen LogP contribution is -2.15. The quantitative estimate of drug-likeness (QED) is 0.328. The van der Waals surface area contributed by atoms with Crippen molar-refractivity contribution in [2.75, 3.05) is 0 Å². The second-order valence-electron chi connectivity index (χ2n) is 8.48. The van der Waals surface area contributed by atoms with Crippen LogP contribution in [0.25, 0.3) is 11.1 Å². The fourth-order valence-corrected chi connectivity index (χ4v) is 4.49. The maximum atomic E-state index is 6.13. The van der Waals surface area contributed by atoms with Crippen LogP contribution in [0.15, 0.2) is 85.0 Å². The minimum Gasteiger partial charge on any atom is -0.486 e. The van der Waals surface area contributed by atoms with E-state index in [1.807, 2.05) is 0 Å². The van der Waals surface area contributed by atoms with Gasteiger partial charge >= 0.3 is 0 Å². The van der Waals surface area contributed by atoms with Gasteiger partial charge in [0.25, 0.3) is 0 Å². The molecule has 0 fully saturated rings. The first-order chi connectivity index (χ1) is 15.8. The number of benzene rings is 2. The smallest absolute Gasteiger partial charge is 0.120 e. The molecule has 32 heavy (non-hydrogen) atoms. The molecule has 4 rings (SSSR count). The van der Waals surface area contributed by atoms with E-state index in [1.54, 1.807) is 0 Å². The van der Waals surface area contributed by atoms with E-state index in [1.165, 1.54) is 48.0 Å². The normalized spacial score (nSPS) is 21.4. The molecule has 0 heterocycles. The number of hydrogen-bond acceptors (Lipinski definition) is 2. The molecule has 0 N–H and O–H groups in total. The molecule has 0 aliphatic heterocycles. The lowest BCUT2D eigenvalue weighted by Gasteiger charge is -2.20. The Labute approximate surface area is 193 Å². The second-order valence-corrected chi connectivity index (χ2v) is 8.48. The minimum absolute atomic E-state index is 0.201. The predicted molar refractivity (Wildman–Crippen MR) is 135 cm³/mol. The summed E-state index contributed by atoms with van der Waals surface area (Å²) in [4.78, 5) is 0. The maximum absolute atomic E-state index is 6.13. The van der Waals surface area contributed by atoms with E-state index in [4.69, 9.17) is 9.47 Å². The molecule has 0 aromatic heterocycles. The van der Waals surface area contributed by atoms with Crippen LogP contribution in [0, 0.1) is 0 Å². The van der Waals surface area contributed by atoms with Crippen LogP contribution >= 0.6 is 0 Å². The number of ether oxygens (including phenoxy) is 2. The van der Waals surface area contributed by atoms with E-state index in [0.717, 1.165) is 24.3 Å². The van der Waals surface area contributed by atoms with Crippen LogP contribution < -0.4 is 9.47 Å². The zero-order valence-corrected chi connectivity index (χ0v) is 19.3. The highest BCUT2D eigenvalue weighted by atomic mass is 16.5. The van der Waals surface area contributed by atoms with Crippen molar-refractivity contribution in [3.05, 3.63) is 96.1 Å². The van der Waals surface area contributed by atoms with Gasteiger partial charge in [-0.15, -0.1) is 0 Å². The maximum Gasteiger partial charge on any atom is 0.120 e. The molecule has 2 unspecified atom stereocenters. The van der Waals surface area contributed by atoms with Crippen molar-refractivity contribution in [1.29, 1.82) is 0 Å². The third-order valence-corrected chi connectivity index (χ3v) is 6.19. The fraction of sp³-hybridized carbons (Fsp3) is 0.333. The van der Waals surface area contributed by atoms with E-state index in [-0.39, 0.29) is 12.2 Å². The molecule has 166 valence electrons. The summed E-state index contributed by atoms with van der Waals surface area (Å²) in [7, 11) is 0. The van der Waals surface area contributed by atoms with Crippen LogP contribution in [-0.4, -0.2) is 12.2 Å². The minimum atomic E-state index is 0.201. The van der Waals surface area contributed by atoms with E-state index in [0.29, 0.717) is 0 Å². The van der Waals surface area contributed by atoms with Crippen molar-refractivity contribution in [2.45, 2.75) is 64.6 Å². The Balaban J connectivity index is 1.46. The summed E-state index contributed by atoms with van der Waals surface area (Å²) in [5.41, 5.74) is 4.83. The Kier molecular flexibility index (Phi) is 7.66. The number of rotatable bonds is 7. The summed E-state index contributed by atoms with van der Waals surface area (Å²) < 4.78 is 12.3. The average molecular weight is 427 g/mol. The molecule has 2 aromatic carbocycles. The van der Waals surface area contributed by atoms with E-state index in [9.17, 15) is 0 Å². The molecule has 2 heteroatoms. The standard InChI is InChI=1S/C30H34O2/c1-3-29(23-15-19-27(20-16-23)31-25-11-7-5-8-12-25)30(4-2)24-17-21-28(22-18-24)32-26-13-9-6-10-14-26/h3-4,7,9,11,13,15-22,25-26H,5-6,8,10,12,14H2,1-2H3. The van der Waals surface area contributed by atoms with Gasteiger partial charge < -0.3 is 9.47 Å². The van der Waals surface area contributed by atoms with Crippen LogP contribution in [0.1, 0.15) is 63.5 Å². The summed E-state index contributed by atoms with van der Waals surface area (Å²) in [5.74, 6) is 1.86. The molecular formula is C30H34O2. The molecule has 0 saturated carbocycles. The monoisotopic (exact) mass is 426 g/mol. The topological polar surface area (TPSA) is 18.5 Å². The molecule has 0 amide bonds. The first-order valence-electron chi connectivity index (χ1n) is 12.0. The Bertz CT molecular complexity index is 907. The number of allylic oxidation sites excluding steroid dienone is 6. The molecule has 2 aliphatic rings. The summed E-state index contributed by atoms with van der Waals surface area (Å²) in [6.45, 7) is 4.20. The van der Waals surface area contributed by atoms with Crippen molar-refractivity contribution in [1.82, 2.24) is 0 Å². The van der Waals surface area contributed by atoms with E-state index in [2.05, 4.69) is 98.8 Å². The zero-order valence-electron chi connectivity index (χ0n) is 19.3. The van der Waals surface area contributed by atoms with Gasteiger partial charge in [-0.2, -0.15) is 0 Å². The molecule has 0 spiro atoms. The van der Waals surface area contributed by atoms with Crippen LogP contribution in [0.5, 0.6) is 11.5 Å². The third-order valence-electron chi connectivity index (χ3n) is 6.19. The molecule has 2 aliphatic carbocycles. The Morgan fingerprint density at radius 2 is 1.06 bits per heavy atom. The third kappa shape index (κ3) is 5.62. The Morgan fingerprint density at radius 1 is 0.656 bits per heavy atom. The first-order valence-corrected chi connectivity index (χ1v) is 12.0. The van der Waals surface area contributed by atoms with Gasteiger partial charge in [0.1, 0.15) is 23.7 Å². The van der Waals surface area contributed by atoms with Gasteiger partial charge in [-0.25, -0.2) is 0 Å². The highest BCUT2D eigenvalue weighted by Gasteiger charge is 2.13. The van der Waals surface area contributed by atoms with Gasteiger partial charge in [0, 0.05) is 0 Å². The van der Waals surface area contributed by atoms with Gasteiger partial charge in [0.05, 0.1) is 0 Å². The van der Waals surface area contributed by atoms with E-state index < -0.39 is 0 Å². The molecule has 0 radical (unpaired) electrons. The van der Waals surface area contributed by atoms with Crippen LogP contribution in [-0.2, 0) is 0 Å². The van der Waals surface area contributed by atoms with Crippen LogP contribution in [0.2, 0.25) is 0 Å². The molecule has 2 nitrogen and oxygen atoms in total. The van der Waals surface area contributed by atoms with Gasteiger partial charge in [0.15, 0.2) is 0 Å². The largest absolute Gasteiger partial charge is 0.486 e. The Morgan fingerprint density at radius 3 is 1.38 bits per heavy atom. The first kappa shape index (κ1) is 22.2. The Hall–Kier alpha value is -3.00. The molecule has 2 aromatic rings. The molecule has 0 bridgehead atoms. The van der Waals surface area contributed by atoms with Crippen molar-refractivity contribution in [2.24, 2.45) is 0 Å². The summed E-state index contributed by atoms with van der Waals surface area (Å²) >= 11 is 0. The van der Waals surface area contributed by atoms with Crippen LogP contribution in [0.3, 0.4) is 0 Å². The van der Waals surface area contributed by atoms with Crippen LogP contribution in [0.4, 0.5) is 0 Å². The van der Waals surface area contributed by atoms with Gasteiger partial charge in [-0.05, 0) is 111 Å². The lowest BCUT2D eigenvalue weighted by atomic mass is 9.92. The van der Waals surface area contributed by atoms with E-state index >= 15 is 0 Å². The number of hydrogen-bond donors (Lipinski definition) is 0. The fourth-order valence-electron chi connectivity index (χ4n) is 4.49. The summed E-state index contributed by atoms with van der Waals surface area (Å²) in [5, 5.41) is 0.